The first-order valence-electron chi connectivity index (χ1n) is 6.73. The number of fused-ring (bicyclic) bond motifs is 1. The van der Waals surface area contributed by atoms with E-state index in [1.54, 1.807) is 0 Å². The second-order valence-corrected chi connectivity index (χ2v) is 4.94. The molecule has 1 unspecified atom stereocenters. The molecule has 0 saturated carbocycles. The van der Waals surface area contributed by atoms with E-state index >= 15 is 0 Å². The largest absolute Gasteiger partial charge is 0.330 e. The van der Waals surface area contributed by atoms with Gasteiger partial charge in [0, 0.05) is 18.2 Å². The van der Waals surface area contributed by atoms with Gasteiger partial charge >= 0.3 is 5.69 Å². The average Bonchev–Trinajstić information content (AvgIpc) is 2.87. The Bertz CT molecular complexity index is 659. The minimum Gasteiger partial charge on any atom is -0.330 e. The fourth-order valence-electron chi connectivity index (χ4n) is 2.68. The highest BCUT2D eigenvalue weighted by Crippen LogP contribution is 2.40. The van der Waals surface area contributed by atoms with E-state index < -0.39 is 4.92 Å². The molecule has 1 atom stereocenters. The summed E-state index contributed by atoms with van der Waals surface area (Å²) in [5.74, 6) is 0.817. The van der Waals surface area contributed by atoms with E-state index in [1.807, 2.05) is 23.1 Å². The molecule has 0 saturated heterocycles. The van der Waals surface area contributed by atoms with E-state index in [1.165, 1.54) is 18.0 Å². The van der Waals surface area contributed by atoms with Gasteiger partial charge in [-0.1, -0.05) is 18.2 Å². The zero-order chi connectivity index (χ0) is 14.8. The van der Waals surface area contributed by atoms with Gasteiger partial charge in [-0.25, -0.2) is 9.97 Å². The molecule has 0 spiro atoms. The molecule has 108 valence electrons. The van der Waals surface area contributed by atoms with Crippen molar-refractivity contribution in [2.24, 2.45) is 5.73 Å². The van der Waals surface area contributed by atoms with Gasteiger partial charge in [-0.05, 0) is 24.6 Å². The van der Waals surface area contributed by atoms with Crippen LogP contribution in [0.5, 0.6) is 0 Å². The molecule has 7 heteroatoms. The lowest BCUT2D eigenvalue weighted by atomic mass is 9.98. The van der Waals surface area contributed by atoms with Gasteiger partial charge < -0.3 is 10.6 Å². The topological polar surface area (TPSA) is 98.2 Å². The van der Waals surface area contributed by atoms with Gasteiger partial charge in [-0.3, -0.25) is 10.1 Å². The molecular formula is C14H15N5O2. The Labute approximate surface area is 121 Å². The van der Waals surface area contributed by atoms with Gasteiger partial charge in [-0.2, -0.15) is 0 Å². The molecule has 1 aliphatic rings. The van der Waals surface area contributed by atoms with Crippen molar-refractivity contribution in [1.29, 1.82) is 0 Å². The summed E-state index contributed by atoms with van der Waals surface area (Å²) in [4.78, 5) is 20.4. The van der Waals surface area contributed by atoms with Crippen LogP contribution < -0.4 is 10.6 Å². The van der Waals surface area contributed by atoms with E-state index in [-0.39, 0.29) is 5.69 Å². The van der Waals surface area contributed by atoms with Crippen LogP contribution in [0.15, 0.2) is 36.7 Å². The maximum atomic E-state index is 10.7. The van der Waals surface area contributed by atoms with Gasteiger partial charge in [0.15, 0.2) is 0 Å². The molecule has 2 heterocycles. The number of nitrogens with zero attached hydrogens (tertiary/aromatic N) is 4. The van der Waals surface area contributed by atoms with Crippen molar-refractivity contribution in [2.45, 2.75) is 12.3 Å². The maximum absolute atomic E-state index is 10.7. The predicted octanol–water partition coefficient (Wildman–Crippen LogP) is 1.97. The molecule has 1 aromatic heterocycles. The van der Waals surface area contributed by atoms with E-state index in [0.29, 0.717) is 18.4 Å². The summed E-state index contributed by atoms with van der Waals surface area (Å²) in [5.41, 5.74) is 7.84. The van der Waals surface area contributed by atoms with Crippen molar-refractivity contribution in [3.05, 3.63) is 52.3 Å². The van der Waals surface area contributed by atoms with Crippen LogP contribution >= 0.6 is 0 Å². The molecule has 0 radical (unpaired) electrons. The molecule has 21 heavy (non-hydrogen) atoms. The number of rotatable bonds is 4. The van der Waals surface area contributed by atoms with Crippen LogP contribution in [0.4, 0.5) is 17.3 Å². The van der Waals surface area contributed by atoms with Crippen molar-refractivity contribution >= 4 is 17.3 Å². The fourth-order valence-corrected chi connectivity index (χ4v) is 2.68. The number of benzene rings is 1. The number of aromatic nitrogens is 2. The highest BCUT2D eigenvalue weighted by molar-refractivity contribution is 5.67. The lowest BCUT2D eigenvalue weighted by Gasteiger charge is -2.17. The molecule has 7 nitrogen and oxygen atoms in total. The van der Waals surface area contributed by atoms with E-state index in [4.69, 9.17) is 5.73 Å². The van der Waals surface area contributed by atoms with E-state index in [0.717, 1.165) is 18.7 Å². The third kappa shape index (κ3) is 2.43. The number of anilines is 2. The van der Waals surface area contributed by atoms with Gasteiger partial charge in [0.05, 0.1) is 4.92 Å². The Kier molecular flexibility index (Phi) is 3.49. The predicted molar refractivity (Wildman–Crippen MR) is 78.5 cm³/mol. The van der Waals surface area contributed by atoms with Crippen LogP contribution in [0.3, 0.4) is 0 Å². The third-order valence-electron chi connectivity index (χ3n) is 3.66. The van der Waals surface area contributed by atoms with Crippen LogP contribution in [-0.2, 0) is 0 Å². The summed E-state index contributed by atoms with van der Waals surface area (Å²) in [7, 11) is 0. The number of nitrogens with two attached hydrogens (primary N) is 1. The second kappa shape index (κ2) is 5.45. The van der Waals surface area contributed by atoms with Crippen molar-refractivity contribution in [2.75, 3.05) is 18.0 Å². The summed E-state index contributed by atoms with van der Waals surface area (Å²) < 4.78 is 0. The van der Waals surface area contributed by atoms with E-state index in [2.05, 4.69) is 16.0 Å². The first kappa shape index (κ1) is 13.4. The Morgan fingerprint density at radius 3 is 2.71 bits per heavy atom. The Morgan fingerprint density at radius 2 is 2.05 bits per heavy atom. The summed E-state index contributed by atoms with van der Waals surface area (Å²) in [6.45, 7) is 1.36. The lowest BCUT2D eigenvalue weighted by Crippen LogP contribution is -2.19. The number of hydrogen-bond acceptors (Lipinski definition) is 6. The normalized spacial score (nSPS) is 16.8. The molecule has 1 aromatic carbocycles. The highest BCUT2D eigenvalue weighted by atomic mass is 16.6. The fraction of sp³-hybridized carbons (Fsp3) is 0.286. The Morgan fingerprint density at radius 1 is 1.33 bits per heavy atom. The number of para-hydroxylation sites is 1. The van der Waals surface area contributed by atoms with Crippen LogP contribution in [0.2, 0.25) is 0 Å². The molecule has 2 aromatic rings. The van der Waals surface area contributed by atoms with Gasteiger partial charge in [0.25, 0.3) is 0 Å². The molecule has 0 fully saturated rings. The molecular weight excluding hydrogens is 270 g/mol. The molecule has 0 bridgehead atoms. The monoisotopic (exact) mass is 285 g/mol. The van der Waals surface area contributed by atoms with Crippen molar-refractivity contribution in [3.8, 4) is 0 Å². The molecule has 0 aliphatic carbocycles. The SMILES string of the molecule is NCCC1CN(c2ncc([N+](=O)[O-])cn2)c2ccccc21. The van der Waals surface area contributed by atoms with Gasteiger partial charge in [-0.15, -0.1) is 0 Å². The standard InChI is InChI=1S/C14H15N5O2/c15-6-5-10-9-18(13-4-2-1-3-12(10)13)14-16-7-11(8-17-14)19(20)21/h1-4,7-8,10H,5-6,9,15H2. The number of hydrogen-bond donors (Lipinski definition) is 1. The summed E-state index contributed by atoms with van der Waals surface area (Å²) in [6.07, 6.45) is 3.36. The first-order valence-corrected chi connectivity index (χ1v) is 6.73. The molecule has 2 N–H and O–H groups in total. The van der Waals surface area contributed by atoms with Crippen molar-refractivity contribution in [3.63, 3.8) is 0 Å². The van der Waals surface area contributed by atoms with Crippen molar-refractivity contribution in [1.82, 2.24) is 9.97 Å². The number of nitro groups is 1. The van der Waals surface area contributed by atoms with Gasteiger partial charge in [0.1, 0.15) is 12.4 Å². The van der Waals surface area contributed by atoms with Crippen LogP contribution in [0.1, 0.15) is 17.9 Å². The van der Waals surface area contributed by atoms with Crippen molar-refractivity contribution < 1.29 is 4.92 Å². The molecule has 3 rings (SSSR count). The minimum atomic E-state index is -0.501. The first-order chi connectivity index (χ1) is 10.2. The minimum absolute atomic E-state index is 0.107. The summed E-state index contributed by atoms with van der Waals surface area (Å²) >= 11 is 0. The third-order valence-corrected chi connectivity index (χ3v) is 3.66. The molecule has 1 aliphatic heterocycles. The van der Waals surface area contributed by atoms with Crippen LogP contribution in [-0.4, -0.2) is 28.0 Å². The van der Waals surface area contributed by atoms with Crippen LogP contribution in [0.25, 0.3) is 0 Å². The zero-order valence-electron chi connectivity index (χ0n) is 11.3. The Balaban J connectivity index is 1.94. The van der Waals surface area contributed by atoms with Crippen LogP contribution in [0, 0.1) is 10.1 Å². The highest BCUT2D eigenvalue weighted by Gasteiger charge is 2.30. The Hall–Kier alpha value is -2.54. The second-order valence-electron chi connectivity index (χ2n) is 4.94. The molecule has 0 amide bonds. The summed E-state index contributed by atoms with van der Waals surface area (Å²) in [5, 5.41) is 10.7. The lowest BCUT2D eigenvalue weighted by molar-refractivity contribution is -0.385. The van der Waals surface area contributed by atoms with Gasteiger partial charge in [0.2, 0.25) is 5.95 Å². The quantitative estimate of drug-likeness (QED) is 0.681. The maximum Gasteiger partial charge on any atom is 0.305 e. The smallest absolute Gasteiger partial charge is 0.305 e. The summed E-state index contributed by atoms with van der Waals surface area (Å²) in [6, 6.07) is 8.06. The zero-order valence-corrected chi connectivity index (χ0v) is 11.3. The average molecular weight is 285 g/mol. The van der Waals surface area contributed by atoms with E-state index in [9.17, 15) is 10.1 Å².